The molecule has 6 aromatic rings. The molecular formula is C28H25N7OS. The third kappa shape index (κ3) is 3.96. The average molecular weight is 508 g/mol. The predicted molar refractivity (Wildman–Crippen MR) is 147 cm³/mol. The van der Waals surface area contributed by atoms with Gasteiger partial charge >= 0.3 is 0 Å². The molecule has 1 aliphatic carbocycles. The molecule has 5 aromatic heterocycles. The number of aryl methyl sites for hydroxylation is 1. The minimum atomic E-state index is -0.542. The zero-order valence-electron chi connectivity index (χ0n) is 20.2. The van der Waals surface area contributed by atoms with Crippen LogP contribution in [-0.4, -0.2) is 41.5 Å². The summed E-state index contributed by atoms with van der Waals surface area (Å²) < 4.78 is 0. The molecular weight excluding hydrogens is 482 g/mol. The fraction of sp³-hybridized carbons (Fsp3) is 0.214. The number of nitrogens with zero attached hydrogens (tertiary/aromatic N) is 4. The Bertz CT molecular complexity index is 1750. The number of aliphatic hydroxyl groups is 1. The van der Waals surface area contributed by atoms with Gasteiger partial charge in [-0.25, -0.2) is 4.98 Å². The number of thiophene rings is 1. The summed E-state index contributed by atoms with van der Waals surface area (Å²) in [4.78, 5) is 19.7. The van der Waals surface area contributed by atoms with Crippen molar-refractivity contribution >= 4 is 39.0 Å². The molecule has 9 heteroatoms. The van der Waals surface area contributed by atoms with E-state index in [1.807, 2.05) is 36.7 Å². The molecule has 1 fully saturated rings. The first kappa shape index (κ1) is 22.1. The van der Waals surface area contributed by atoms with Crippen LogP contribution >= 0.6 is 11.3 Å². The number of hydrogen-bond donors (Lipinski definition) is 4. The first-order valence-corrected chi connectivity index (χ1v) is 13.2. The lowest BCUT2D eigenvalue weighted by Crippen LogP contribution is -2.33. The maximum Gasteiger partial charge on any atom is 0.159 e. The molecule has 0 spiro atoms. The maximum absolute atomic E-state index is 10.4. The molecule has 5 heterocycles. The third-order valence-electron chi connectivity index (χ3n) is 7.14. The van der Waals surface area contributed by atoms with Crippen molar-refractivity contribution in [3.63, 3.8) is 0 Å². The van der Waals surface area contributed by atoms with E-state index < -0.39 is 6.23 Å². The van der Waals surface area contributed by atoms with Crippen LogP contribution in [0.25, 0.3) is 55.2 Å². The van der Waals surface area contributed by atoms with Crippen LogP contribution in [0.3, 0.4) is 0 Å². The topological polar surface area (TPSA) is 115 Å². The Balaban J connectivity index is 1.26. The monoisotopic (exact) mass is 507 g/mol. The first-order chi connectivity index (χ1) is 18.1. The Kier molecular flexibility index (Phi) is 5.26. The van der Waals surface area contributed by atoms with Crippen LogP contribution in [0.1, 0.15) is 24.1 Å². The van der Waals surface area contributed by atoms with E-state index in [-0.39, 0.29) is 0 Å². The number of fused-ring (bicyclic) bond motifs is 2. The second-order valence-corrected chi connectivity index (χ2v) is 10.9. The number of pyridine rings is 2. The number of aliphatic hydroxyl groups excluding tert-OH is 1. The highest BCUT2D eigenvalue weighted by Gasteiger charge is 2.25. The van der Waals surface area contributed by atoms with Gasteiger partial charge in [-0.05, 0) is 61.7 Å². The van der Waals surface area contributed by atoms with Crippen LogP contribution in [0.4, 0.5) is 5.69 Å². The molecule has 1 atom stereocenters. The maximum atomic E-state index is 10.4. The van der Waals surface area contributed by atoms with E-state index >= 15 is 0 Å². The molecule has 1 aromatic carbocycles. The van der Waals surface area contributed by atoms with E-state index in [1.165, 1.54) is 11.3 Å². The largest absolute Gasteiger partial charge is 0.374 e. The zero-order valence-corrected chi connectivity index (χ0v) is 21.0. The summed E-state index contributed by atoms with van der Waals surface area (Å²) >= 11 is 1.71. The number of H-pyrrole nitrogens is 2. The molecule has 1 aliphatic rings. The van der Waals surface area contributed by atoms with Crippen LogP contribution in [0.15, 0.2) is 61.1 Å². The van der Waals surface area contributed by atoms with Gasteiger partial charge in [0.25, 0.3) is 0 Å². The summed E-state index contributed by atoms with van der Waals surface area (Å²) in [7, 11) is 0. The molecule has 184 valence electrons. The van der Waals surface area contributed by atoms with E-state index in [2.05, 4.69) is 55.6 Å². The minimum absolute atomic E-state index is 0.317. The fourth-order valence-electron chi connectivity index (χ4n) is 4.88. The molecule has 4 N–H and O–H groups in total. The van der Waals surface area contributed by atoms with Crippen LogP contribution in [0.5, 0.6) is 0 Å². The number of hydrogen-bond acceptors (Lipinski definition) is 7. The second kappa shape index (κ2) is 8.79. The SMILES string of the molecule is Cc1ccc(-c2nccc3[nH]c(-c4n[nH]c5ccc(-c6cncc(NC(O)C7CCC7)c6)cc45)nc23)s1. The van der Waals surface area contributed by atoms with Crippen LogP contribution in [-0.2, 0) is 0 Å². The van der Waals surface area contributed by atoms with Gasteiger partial charge < -0.3 is 15.4 Å². The van der Waals surface area contributed by atoms with Crippen molar-refractivity contribution in [2.45, 2.75) is 32.4 Å². The molecule has 0 amide bonds. The molecule has 37 heavy (non-hydrogen) atoms. The van der Waals surface area contributed by atoms with Gasteiger partial charge in [-0.1, -0.05) is 12.5 Å². The Hall–Kier alpha value is -4.08. The van der Waals surface area contributed by atoms with Gasteiger partial charge in [0.05, 0.1) is 27.8 Å². The minimum Gasteiger partial charge on any atom is -0.374 e. The van der Waals surface area contributed by atoms with Gasteiger partial charge in [0.2, 0.25) is 0 Å². The smallest absolute Gasteiger partial charge is 0.159 e. The van der Waals surface area contributed by atoms with E-state index in [1.54, 1.807) is 17.5 Å². The quantitative estimate of drug-likeness (QED) is 0.202. The van der Waals surface area contributed by atoms with Crippen molar-refractivity contribution in [3.8, 4) is 33.2 Å². The zero-order chi connectivity index (χ0) is 24.9. The van der Waals surface area contributed by atoms with Crippen molar-refractivity contribution < 1.29 is 5.11 Å². The predicted octanol–water partition coefficient (Wildman–Crippen LogP) is 6.13. The average Bonchev–Trinajstić information content (AvgIpc) is 3.60. The summed E-state index contributed by atoms with van der Waals surface area (Å²) in [6, 6.07) is 14.3. The number of aromatic nitrogens is 6. The number of nitrogens with one attached hydrogen (secondary N) is 3. The van der Waals surface area contributed by atoms with Crippen LogP contribution < -0.4 is 5.32 Å². The molecule has 0 saturated heterocycles. The first-order valence-electron chi connectivity index (χ1n) is 12.4. The van der Waals surface area contributed by atoms with Gasteiger partial charge in [0, 0.05) is 34.1 Å². The summed E-state index contributed by atoms with van der Waals surface area (Å²) in [5.41, 5.74) is 7.09. The van der Waals surface area contributed by atoms with Gasteiger partial charge in [0.1, 0.15) is 23.1 Å². The Morgan fingerprint density at radius 1 is 1.03 bits per heavy atom. The number of rotatable bonds is 6. The van der Waals surface area contributed by atoms with Crippen molar-refractivity contribution in [1.82, 2.24) is 30.1 Å². The second-order valence-electron chi connectivity index (χ2n) is 9.63. The summed E-state index contributed by atoms with van der Waals surface area (Å²) in [6.07, 6.45) is 8.17. The Morgan fingerprint density at radius 3 is 2.76 bits per heavy atom. The highest BCUT2D eigenvalue weighted by molar-refractivity contribution is 7.15. The Morgan fingerprint density at radius 2 is 1.95 bits per heavy atom. The lowest BCUT2D eigenvalue weighted by atomic mass is 9.84. The normalized spacial score (nSPS) is 14.8. The molecule has 1 unspecified atom stereocenters. The molecule has 0 aliphatic heterocycles. The standard InChI is InChI=1S/C28H25N7OS/c1-15-5-8-23(37-15)26-25-22(9-10-30-26)32-27(33-25)24-20-12-17(6-7-21(20)34-35-24)18-11-19(14-29-13-18)31-28(36)16-3-2-4-16/h5-14,16,28,31,36H,2-4H2,1H3,(H,32,33)(H,34,35). The fourth-order valence-corrected chi connectivity index (χ4v) is 5.75. The summed E-state index contributed by atoms with van der Waals surface area (Å²) in [6.45, 7) is 2.09. The van der Waals surface area contributed by atoms with Crippen molar-refractivity contribution in [3.05, 3.63) is 65.9 Å². The lowest BCUT2D eigenvalue weighted by molar-refractivity contribution is 0.0851. The van der Waals surface area contributed by atoms with E-state index in [4.69, 9.17) is 4.98 Å². The number of anilines is 1. The van der Waals surface area contributed by atoms with Crippen molar-refractivity contribution in [2.24, 2.45) is 5.92 Å². The van der Waals surface area contributed by atoms with E-state index in [0.29, 0.717) is 11.7 Å². The van der Waals surface area contributed by atoms with Crippen LogP contribution in [0, 0.1) is 12.8 Å². The number of aromatic amines is 2. The molecule has 8 nitrogen and oxygen atoms in total. The molecule has 1 saturated carbocycles. The van der Waals surface area contributed by atoms with Crippen molar-refractivity contribution in [2.75, 3.05) is 5.32 Å². The summed E-state index contributed by atoms with van der Waals surface area (Å²) in [5.74, 6) is 1.01. The van der Waals surface area contributed by atoms with Gasteiger partial charge in [-0.15, -0.1) is 11.3 Å². The number of benzene rings is 1. The van der Waals surface area contributed by atoms with Gasteiger partial charge in [0.15, 0.2) is 5.82 Å². The summed E-state index contributed by atoms with van der Waals surface area (Å²) in [5, 5.41) is 22.4. The Labute approximate surface area is 216 Å². The van der Waals surface area contributed by atoms with Crippen LogP contribution in [0.2, 0.25) is 0 Å². The molecule has 0 bridgehead atoms. The number of imidazole rings is 1. The lowest BCUT2D eigenvalue weighted by Gasteiger charge is -2.31. The van der Waals surface area contributed by atoms with Crippen molar-refractivity contribution in [1.29, 1.82) is 0 Å². The molecule has 7 rings (SSSR count). The van der Waals surface area contributed by atoms with Gasteiger partial charge in [-0.2, -0.15) is 5.10 Å². The highest BCUT2D eigenvalue weighted by Crippen LogP contribution is 2.35. The third-order valence-corrected chi connectivity index (χ3v) is 8.15. The van der Waals surface area contributed by atoms with E-state index in [9.17, 15) is 5.11 Å². The van der Waals surface area contributed by atoms with Gasteiger partial charge in [-0.3, -0.25) is 15.1 Å². The van der Waals surface area contributed by atoms with E-state index in [0.717, 1.165) is 67.9 Å². The highest BCUT2D eigenvalue weighted by atomic mass is 32.1. The molecule has 0 radical (unpaired) electrons.